The van der Waals surface area contributed by atoms with E-state index in [2.05, 4.69) is 5.32 Å². The van der Waals surface area contributed by atoms with E-state index in [0.717, 1.165) is 11.1 Å². The standard InChI is InChI=1S/C21H23NO4/c1-2-25-21(24)19-18(26-19)20(23)22-17(13-15-9-5-3-6-10-15)14-16-11-7-4-8-12-16/h3-12,17-19H,2,13-14H2,1H3,(H,22,23)/t18-,19-/m0/s1. The molecule has 1 saturated heterocycles. The van der Waals surface area contributed by atoms with Crippen molar-refractivity contribution in [2.45, 2.75) is 38.0 Å². The summed E-state index contributed by atoms with van der Waals surface area (Å²) in [6.07, 6.45) is -0.108. The maximum absolute atomic E-state index is 12.5. The molecule has 5 nitrogen and oxygen atoms in total. The normalized spacial score (nSPS) is 18.4. The smallest absolute Gasteiger partial charge is 0.338 e. The van der Waals surface area contributed by atoms with Gasteiger partial charge >= 0.3 is 5.97 Å². The van der Waals surface area contributed by atoms with Gasteiger partial charge in [-0.1, -0.05) is 60.7 Å². The van der Waals surface area contributed by atoms with Crippen LogP contribution in [0.3, 0.4) is 0 Å². The fourth-order valence-corrected chi connectivity index (χ4v) is 2.97. The van der Waals surface area contributed by atoms with Crippen LogP contribution in [0.15, 0.2) is 60.7 Å². The second kappa shape index (κ2) is 8.63. The van der Waals surface area contributed by atoms with Crippen molar-refractivity contribution in [3.63, 3.8) is 0 Å². The lowest BCUT2D eigenvalue weighted by atomic mass is 9.98. The first-order valence-electron chi connectivity index (χ1n) is 8.87. The summed E-state index contributed by atoms with van der Waals surface area (Å²) in [6.45, 7) is 2.00. The van der Waals surface area contributed by atoms with Crippen molar-refractivity contribution in [1.29, 1.82) is 0 Å². The average molecular weight is 353 g/mol. The summed E-state index contributed by atoms with van der Waals surface area (Å²) < 4.78 is 10.1. The Balaban J connectivity index is 1.63. The van der Waals surface area contributed by atoms with E-state index >= 15 is 0 Å². The number of benzene rings is 2. The zero-order valence-electron chi connectivity index (χ0n) is 14.8. The molecule has 2 aromatic carbocycles. The molecule has 1 heterocycles. The fraction of sp³-hybridized carbons (Fsp3) is 0.333. The molecule has 0 unspecified atom stereocenters. The van der Waals surface area contributed by atoms with Crippen LogP contribution >= 0.6 is 0 Å². The quantitative estimate of drug-likeness (QED) is 0.584. The number of hydrogen-bond donors (Lipinski definition) is 1. The zero-order chi connectivity index (χ0) is 18.4. The Morgan fingerprint density at radius 2 is 1.50 bits per heavy atom. The van der Waals surface area contributed by atoms with Crippen molar-refractivity contribution in [2.75, 3.05) is 6.61 Å². The number of nitrogens with one attached hydrogen (secondary N) is 1. The summed E-state index contributed by atoms with van der Waals surface area (Å²) in [7, 11) is 0. The van der Waals surface area contributed by atoms with Crippen LogP contribution in [0, 0.1) is 0 Å². The van der Waals surface area contributed by atoms with E-state index in [0.29, 0.717) is 12.8 Å². The van der Waals surface area contributed by atoms with E-state index in [4.69, 9.17) is 9.47 Å². The Morgan fingerprint density at radius 1 is 0.962 bits per heavy atom. The van der Waals surface area contributed by atoms with Crippen LogP contribution in [0.4, 0.5) is 0 Å². The Morgan fingerprint density at radius 3 is 2.00 bits per heavy atom. The van der Waals surface area contributed by atoms with Crippen LogP contribution in [0.1, 0.15) is 18.1 Å². The Hall–Kier alpha value is -2.66. The first kappa shape index (κ1) is 18.1. The third kappa shape index (κ3) is 4.92. The number of epoxide rings is 1. The van der Waals surface area contributed by atoms with E-state index in [9.17, 15) is 9.59 Å². The molecule has 0 bridgehead atoms. The lowest BCUT2D eigenvalue weighted by Gasteiger charge is -2.19. The molecule has 0 saturated carbocycles. The monoisotopic (exact) mass is 353 g/mol. The van der Waals surface area contributed by atoms with Gasteiger partial charge in [-0.2, -0.15) is 0 Å². The Bertz CT molecular complexity index is 691. The highest BCUT2D eigenvalue weighted by Gasteiger charge is 2.51. The SMILES string of the molecule is CCOC(=O)[C@H]1O[C@@H]1C(=O)NC(Cc1ccccc1)Cc1ccccc1. The summed E-state index contributed by atoms with van der Waals surface area (Å²) in [5.74, 6) is -0.741. The molecule has 1 amide bonds. The summed E-state index contributed by atoms with van der Waals surface area (Å²) in [5.41, 5.74) is 2.29. The van der Waals surface area contributed by atoms with Crippen LogP contribution in [-0.4, -0.2) is 36.7 Å². The molecule has 1 fully saturated rings. The van der Waals surface area contributed by atoms with Crippen molar-refractivity contribution in [1.82, 2.24) is 5.32 Å². The van der Waals surface area contributed by atoms with Crippen molar-refractivity contribution >= 4 is 11.9 Å². The minimum atomic E-state index is -0.774. The number of amides is 1. The zero-order valence-corrected chi connectivity index (χ0v) is 14.8. The van der Waals surface area contributed by atoms with Crippen LogP contribution in [-0.2, 0) is 31.9 Å². The third-order valence-corrected chi connectivity index (χ3v) is 4.27. The van der Waals surface area contributed by atoms with E-state index in [1.54, 1.807) is 6.92 Å². The number of carbonyl (C=O) groups is 2. The largest absolute Gasteiger partial charge is 0.464 e. The highest BCUT2D eigenvalue weighted by Crippen LogP contribution is 2.24. The van der Waals surface area contributed by atoms with Crippen molar-refractivity contribution in [2.24, 2.45) is 0 Å². The van der Waals surface area contributed by atoms with Gasteiger partial charge in [0.25, 0.3) is 5.91 Å². The van der Waals surface area contributed by atoms with E-state index in [1.807, 2.05) is 60.7 Å². The third-order valence-electron chi connectivity index (χ3n) is 4.27. The molecule has 136 valence electrons. The molecule has 5 heteroatoms. The summed E-state index contributed by atoms with van der Waals surface area (Å²) >= 11 is 0. The van der Waals surface area contributed by atoms with Gasteiger partial charge in [0.15, 0.2) is 12.2 Å². The van der Waals surface area contributed by atoms with Gasteiger partial charge in [-0.25, -0.2) is 4.79 Å². The molecule has 26 heavy (non-hydrogen) atoms. The molecular formula is C21H23NO4. The van der Waals surface area contributed by atoms with Crippen LogP contribution in [0.5, 0.6) is 0 Å². The predicted molar refractivity (Wildman–Crippen MR) is 97.5 cm³/mol. The van der Waals surface area contributed by atoms with Gasteiger partial charge in [0, 0.05) is 6.04 Å². The lowest BCUT2D eigenvalue weighted by molar-refractivity contribution is -0.144. The lowest BCUT2D eigenvalue weighted by Crippen LogP contribution is -2.41. The molecule has 0 radical (unpaired) electrons. The minimum Gasteiger partial charge on any atom is -0.464 e. The van der Waals surface area contributed by atoms with Crippen LogP contribution in [0.25, 0.3) is 0 Å². The Kier molecular flexibility index (Phi) is 6.02. The number of hydrogen-bond acceptors (Lipinski definition) is 4. The van der Waals surface area contributed by atoms with E-state index in [-0.39, 0.29) is 18.6 Å². The summed E-state index contributed by atoms with van der Waals surface area (Å²) in [4.78, 5) is 24.1. The highest BCUT2D eigenvalue weighted by atomic mass is 16.6. The van der Waals surface area contributed by atoms with Crippen molar-refractivity contribution in [3.05, 3.63) is 71.8 Å². The molecule has 3 rings (SSSR count). The predicted octanol–water partition coefficient (Wildman–Crippen LogP) is 2.29. The van der Waals surface area contributed by atoms with Gasteiger partial charge in [-0.15, -0.1) is 0 Å². The molecular weight excluding hydrogens is 330 g/mol. The molecule has 1 aliphatic rings. The van der Waals surface area contributed by atoms with E-state index < -0.39 is 18.2 Å². The maximum atomic E-state index is 12.5. The molecule has 2 aromatic rings. The first-order chi connectivity index (χ1) is 12.7. The van der Waals surface area contributed by atoms with E-state index in [1.165, 1.54) is 0 Å². The average Bonchev–Trinajstić information content (AvgIpc) is 3.45. The van der Waals surface area contributed by atoms with Gasteiger partial charge in [-0.05, 0) is 30.9 Å². The molecule has 2 atom stereocenters. The van der Waals surface area contributed by atoms with Crippen molar-refractivity contribution < 1.29 is 19.1 Å². The second-order valence-corrected chi connectivity index (χ2v) is 6.31. The maximum Gasteiger partial charge on any atom is 0.338 e. The van der Waals surface area contributed by atoms with Gasteiger partial charge in [0.2, 0.25) is 0 Å². The topological polar surface area (TPSA) is 67.9 Å². The number of ether oxygens (including phenoxy) is 2. The van der Waals surface area contributed by atoms with Gasteiger partial charge < -0.3 is 14.8 Å². The molecule has 0 spiro atoms. The number of esters is 1. The number of carbonyl (C=O) groups excluding carboxylic acids is 2. The van der Waals surface area contributed by atoms with Crippen LogP contribution < -0.4 is 5.32 Å². The first-order valence-corrected chi connectivity index (χ1v) is 8.87. The molecule has 0 aliphatic carbocycles. The highest BCUT2D eigenvalue weighted by molar-refractivity contribution is 5.92. The Labute approximate surface area is 153 Å². The second-order valence-electron chi connectivity index (χ2n) is 6.31. The van der Waals surface area contributed by atoms with Gasteiger partial charge in [0.1, 0.15) is 0 Å². The minimum absolute atomic E-state index is 0.0839. The molecule has 0 aromatic heterocycles. The van der Waals surface area contributed by atoms with Crippen molar-refractivity contribution in [3.8, 4) is 0 Å². The van der Waals surface area contributed by atoms with Gasteiger partial charge in [0.05, 0.1) is 6.61 Å². The fourth-order valence-electron chi connectivity index (χ4n) is 2.97. The molecule has 1 N–H and O–H groups in total. The molecule has 1 aliphatic heterocycles. The number of rotatable bonds is 8. The van der Waals surface area contributed by atoms with Gasteiger partial charge in [-0.3, -0.25) is 4.79 Å². The summed E-state index contributed by atoms with van der Waals surface area (Å²) in [5, 5.41) is 3.03. The van der Waals surface area contributed by atoms with Crippen LogP contribution in [0.2, 0.25) is 0 Å². The summed E-state index contributed by atoms with van der Waals surface area (Å²) in [6, 6.07) is 20.0.